The zero-order valence-electron chi connectivity index (χ0n) is 14.7. The Kier molecular flexibility index (Phi) is 7.80. The quantitative estimate of drug-likeness (QED) is 0.741. The van der Waals surface area contributed by atoms with Crippen molar-refractivity contribution in [2.24, 2.45) is 5.92 Å². The lowest BCUT2D eigenvalue weighted by Crippen LogP contribution is -2.39. The topological polar surface area (TPSA) is 112 Å². The van der Waals surface area contributed by atoms with E-state index in [1.165, 1.54) is 0 Å². The number of aromatic nitrogens is 3. The van der Waals surface area contributed by atoms with Crippen molar-refractivity contribution in [2.45, 2.75) is 32.7 Å². The Balaban J connectivity index is 0.000000701. The van der Waals surface area contributed by atoms with Gasteiger partial charge >= 0.3 is 0 Å². The smallest absolute Gasteiger partial charge is 0.290 e. The number of nitrogens with one attached hydrogen (secondary N) is 1. The number of rotatable bonds is 4. The van der Waals surface area contributed by atoms with Crippen LogP contribution < -0.4 is 0 Å². The van der Waals surface area contributed by atoms with Crippen molar-refractivity contribution in [1.29, 1.82) is 0 Å². The van der Waals surface area contributed by atoms with E-state index in [1.807, 2.05) is 4.90 Å². The van der Waals surface area contributed by atoms with Crippen LogP contribution >= 0.6 is 0 Å². The van der Waals surface area contributed by atoms with Crippen molar-refractivity contribution in [3.63, 3.8) is 0 Å². The summed E-state index contributed by atoms with van der Waals surface area (Å²) in [6, 6.07) is 0. The zero-order chi connectivity index (χ0) is 18.1. The molecule has 2 N–H and O–H groups in total. The van der Waals surface area contributed by atoms with Gasteiger partial charge in [0.25, 0.3) is 6.47 Å². The molecule has 2 aliphatic rings. The summed E-state index contributed by atoms with van der Waals surface area (Å²) in [6.07, 6.45) is 2.73. The van der Waals surface area contributed by atoms with Crippen molar-refractivity contribution >= 4 is 12.4 Å². The van der Waals surface area contributed by atoms with E-state index in [2.05, 4.69) is 27.0 Å². The molecule has 1 aromatic heterocycles. The summed E-state index contributed by atoms with van der Waals surface area (Å²) in [5, 5.41) is 14.1. The number of carbonyl (C=O) groups excluding carboxylic acids is 1. The highest BCUT2D eigenvalue weighted by Crippen LogP contribution is 2.17. The fourth-order valence-electron chi connectivity index (χ4n) is 3.11. The Labute approximate surface area is 147 Å². The zero-order valence-corrected chi connectivity index (χ0v) is 14.7. The first-order valence-corrected chi connectivity index (χ1v) is 8.74. The molecule has 0 spiro atoms. The van der Waals surface area contributed by atoms with Gasteiger partial charge in [0.2, 0.25) is 5.91 Å². The minimum atomic E-state index is -0.250. The number of aromatic amines is 1. The van der Waals surface area contributed by atoms with Crippen LogP contribution in [0.15, 0.2) is 0 Å². The van der Waals surface area contributed by atoms with Crippen LogP contribution in [0.3, 0.4) is 0 Å². The Morgan fingerprint density at radius 3 is 2.84 bits per heavy atom. The van der Waals surface area contributed by atoms with Gasteiger partial charge in [0, 0.05) is 39.2 Å². The molecule has 2 saturated heterocycles. The predicted octanol–water partition coefficient (Wildman–Crippen LogP) is 0.139. The second kappa shape index (κ2) is 10.1. The van der Waals surface area contributed by atoms with Crippen LogP contribution in [-0.4, -0.2) is 81.9 Å². The highest BCUT2D eigenvalue weighted by Gasteiger charge is 2.29. The van der Waals surface area contributed by atoms with Crippen molar-refractivity contribution in [3.05, 3.63) is 11.6 Å². The molecule has 140 valence electrons. The van der Waals surface area contributed by atoms with E-state index in [0.717, 1.165) is 70.2 Å². The monoisotopic (exact) mass is 353 g/mol. The molecule has 2 fully saturated rings. The van der Waals surface area contributed by atoms with Gasteiger partial charge < -0.3 is 14.7 Å². The van der Waals surface area contributed by atoms with Crippen LogP contribution in [0.1, 0.15) is 31.4 Å². The molecule has 9 nitrogen and oxygen atoms in total. The molecule has 0 bridgehead atoms. The molecule has 0 aromatic carbocycles. The van der Waals surface area contributed by atoms with Crippen molar-refractivity contribution < 1.29 is 19.4 Å². The third kappa shape index (κ3) is 5.79. The minimum absolute atomic E-state index is 0.0768. The number of H-pyrrole nitrogens is 1. The SMILES string of the molecule is CCc1n[nH]c(CN2CCCN(C(=O)C3CCOC3)CC2)n1.O=CO. The van der Waals surface area contributed by atoms with Gasteiger partial charge in [-0.2, -0.15) is 5.10 Å². The van der Waals surface area contributed by atoms with Crippen LogP contribution in [0.25, 0.3) is 0 Å². The summed E-state index contributed by atoms with van der Waals surface area (Å²) >= 11 is 0. The van der Waals surface area contributed by atoms with Gasteiger partial charge in [-0.05, 0) is 12.8 Å². The Morgan fingerprint density at radius 2 is 2.20 bits per heavy atom. The van der Waals surface area contributed by atoms with Gasteiger partial charge in [-0.15, -0.1) is 0 Å². The maximum absolute atomic E-state index is 12.5. The lowest BCUT2D eigenvalue weighted by atomic mass is 10.1. The molecule has 25 heavy (non-hydrogen) atoms. The van der Waals surface area contributed by atoms with E-state index in [-0.39, 0.29) is 18.3 Å². The fourth-order valence-corrected chi connectivity index (χ4v) is 3.11. The van der Waals surface area contributed by atoms with Gasteiger partial charge in [0.15, 0.2) is 0 Å². The van der Waals surface area contributed by atoms with Gasteiger partial charge in [0.1, 0.15) is 11.6 Å². The number of aryl methyl sites for hydroxylation is 1. The molecule has 0 saturated carbocycles. The second-order valence-corrected chi connectivity index (χ2v) is 6.17. The molecule has 2 aliphatic heterocycles. The molecule has 0 aliphatic carbocycles. The van der Waals surface area contributed by atoms with Crippen molar-refractivity contribution in [2.75, 3.05) is 39.4 Å². The summed E-state index contributed by atoms with van der Waals surface area (Å²) in [5.41, 5.74) is 0. The normalized spacial score (nSPS) is 21.3. The molecule has 1 amide bonds. The largest absolute Gasteiger partial charge is 0.483 e. The predicted molar refractivity (Wildman–Crippen MR) is 89.9 cm³/mol. The lowest BCUT2D eigenvalue weighted by Gasteiger charge is -2.23. The fraction of sp³-hybridized carbons (Fsp3) is 0.750. The lowest BCUT2D eigenvalue weighted by molar-refractivity contribution is -0.135. The Bertz CT molecular complexity index is 544. The average Bonchev–Trinajstić information content (AvgIpc) is 3.24. The first-order chi connectivity index (χ1) is 12.2. The van der Waals surface area contributed by atoms with E-state index >= 15 is 0 Å². The van der Waals surface area contributed by atoms with Crippen LogP contribution in [0.5, 0.6) is 0 Å². The van der Waals surface area contributed by atoms with Gasteiger partial charge in [0.05, 0.1) is 19.1 Å². The Morgan fingerprint density at radius 1 is 1.40 bits per heavy atom. The number of ether oxygens (including phenoxy) is 1. The maximum Gasteiger partial charge on any atom is 0.290 e. The van der Waals surface area contributed by atoms with E-state index in [0.29, 0.717) is 6.61 Å². The molecule has 9 heteroatoms. The van der Waals surface area contributed by atoms with Crippen LogP contribution in [0, 0.1) is 5.92 Å². The number of hydrogen-bond donors (Lipinski definition) is 2. The molecule has 0 radical (unpaired) electrons. The summed E-state index contributed by atoms with van der Waals surface area (Å²) < 4.78 is 5.34. The van der Waals surface area contributed by atoms with E-state index in [1.54, 1.807) is 0 Å². The molecular weight excluding hydrogens is 326 g/mol. The maximum atomic E-state index is 12.5. The molecule has 1 unspecified atom stereocenters. The Hall–Kier alpha value is -2.00. The molecule has 1 atom stereocenters. The third-order valence-electron chi connectivity index (χ3n) is 4.45. The number of nitrogens with zero attached hydrogens (tertiary/aromatic N) is 4. The second-order valence-electron chi connectivity index (χ2n) is 6.17. The first-order valence-electron chi connectivity index (χ1n) is 8.74. The molecule has 1 aromatic rings. The van der Waals surface area contributed by atoms with E-state index in [4.69, 9.17) is 14.6 Å². The number of amides is 1. The van der Waals surface area contributed by atoms with Crippen molar-refractivity contribution in [3.8, 4) is 0 Å². The van der Waals surface area contributed by atoms with Crippen LogP contribution in [-0.2, 0) is 27.3 Å². The van der Waals surface area contributed by atoms with Gasteiger partial charge in [-0.25, -0.2) is 4.98 Å². The standard InChI is InChI=1S/C15H25N5O2.CH2O2/c1-2-13-16-14(18-17-13)10-19-5-3-6-20(8-7-19)15(21)12-4-9-22-11-12;2-1-3/h12H,2-11H2,1H3,(H,16,17,18);1H,(H,2,3). The third-order valence-corrected chi connectivity index (χ3v) is 4.45. The first kappa shape index (κ1) is 19.3. The van der Waals surface area contributed by atoms with Crippen LogP contribution in [0.4, 0.5) is 0 Å². The van der Waals surface area contributed by atoms with E-state index < -0.39 is 0 Å². The minimum Gasteiger partial charge on any atom is -0.483 e. The highest BCUT2D eigenvalue weighted by atomic mass is 16.5. The van der Waals surface area contributed by atoms with Crippen LogP contribution in [0.2, 0.25) is 0 Å². The summed E-state index contributed by atoms with van der Waals surface area (Å²) in [5.74, 6) is 2.13. The van der Waals surface area contributed by atoms with E-state index in [9.17, 15) is 4.79 Å². The summed E-state index contributed by atoms with van der Waals surface area (Å²) in [4.78, 5) is 29.6. The van der Waals surface area contributed by atoms with Gasteiger partial charge in [-0.3, -0.25) is 19.6 Å². The summed E-state index contributed by atoms with van der Waals surface area (Å²) in [6.45, 7) is 7.43. The molecule has 3 rings (SSSR count). The molecular formula is C16H27N5O4. The number of hydrogen-bond acceptors (Lipinski definition) is 6. The molecule has 3 heterocycles. The summed E-state index contributed by atoms with van der Waals surface area (Å²) in [7, 11) is 0. The average molecular weight is 353 g/mol. The number of carboxylic acid groups (broad SMARTS) is 1. The number of carbonyl (C=O) groups is 2. The van der Waals surface area contributed by atoms with Gasteiger partial charge in [-0.1, -0.05) is 6.92 Å². The highest BCUT2D eigenvalue weighted by molar-refractivity contribution is 5.79. The van der Waals surface area contributed by atoms with Crippen molar-refractivity contribution in [1.82, 2.24) is 25.0 Å².